The van der Waals surface area contributed by atoms with E-state index in [1.54, 1.807) is 26.0 Å². The molecule has 9 heteroatoms. The molecule has 0 unspecified atom stereocenters. The van der Waals surface area contributed by atoms with Crippen molar-refractivity contribution in [2.24, 2.45) is 0 Å². The lowest BCUT2D eigenvalue weighted by Gasteiger charge is -2.21. The molecule has 0 bridgehead atoms. The zero-order chi connectivity index (χ0) is 21.3. The van der Waals surface area contributed by atoms with Gasteiger partial charge in [0.2, 0.25) is 0 Å². The number of nitrogens with zero attached hydrogens (tertiary/aromatic N) is 3. The molecule has 1 atom stereocenters. The van der Waals surface area contributed by atoms with Crippen molar-refractivity contribution in [1.29, 1.82) is 0 Å². The van der Waals surface area contributed by atoms with E-state index in [2.05, 4.69) is 20.5 Å². The van der Waals surface area contributed by atoms with Gasteiger partial charge in [-0.3, -0.25) is 0 Å². The maximum absolute atomic E-state index is 13.2. The Morgan fingerprint density at radius 2 is 1.79 bits per heavy atom. The van der Waals surface area contributed by atoms with Gasteiger partial charge >= 0.3 is 6.18 Å². The molecule has 1 N–H and O–H groups in total. The number of alkyl halides is 3. The number of nitrogens with one attached hydrogen (secondary N) is 1. The predicted octanol–water partition coefficient (Wildman–Crippen LogP) is 4.85. The number of hydrogen-bond donors (Lipinski definition) is 1. The predicted molar refractivity (Wildman–Crippen MR) is 103 cm³/mol. The summed E-state index contributed by atoms with van der Waals surface area (Å²) in [5.74, 6) is 1.12. The summed E-state index contributed by atoms with van der Waals surface area (Å²) >= 11 is 0. The molecule has 3 aromatic rings. The molecule has 2 aromatic heterocycles. The molecule has 6 nitrogen and oxygen atoms in total. The molecule has 0 amide bonds. The highest BCUT2D eigenvalue weighted by molar-refractivity contribution is 5.92. The number of halogens is 3. The number of ether oxygens (including phenoxy) is 2. The van der Waals surface area contributed by atoms with Crippen LogP contribution < -0.4 is 14.8 Å². The van der Waals surface area contributed by atoms with Gasteiger partial charge in [-0.25, -0.2) is 4.98 Å². The Balaban J connectivity index is 2.06. The molecule has 0 saturated heterocycles. The highest BCUT2D eigenvalue weighted by Crippen LogP contribution is 2.36. The molecule has 154 valence electrons. The van der Waals surface area contributed by atoms with Crippen molar-refractivity contribution in [3.05, 3.63) is 46.6 Å². The molecule has 0 fully saturated rings. The maximum atomic E-state index is 13.2. The summed E-state index contributed by atoms with van der Waals surface area (Å²) in [5.41, 5.74) is 1.18. The lowest BCUT2D eigenvalue weighted by atomic mass is 9.97. The van der Waals surface area contributed by atoms with Crippen LogP contribution in [-0.4, -0.2) is 29.4 Å². The van der Waals surface area contributed by atoms with E-state index in [0.717, 1.165) is 6.07 Å². The van der Waals surface area contributed by atoms with E-state index in [-0.39, 0.29) is 5.56 Å². The summed E-state index contributed by atoms with van der Waals surface area (Å²) < 4.78 is 50.3. The molecule has 0 saturated carbocycles. The van der Waals surface area contributed by atoms with Crippen LogP contribution in [0.1, 0.15) is 35.3 Å². The van der Waals surface area contributed by atoms with E-state index in [4.69, 9.17) is 9.47 Å². The van der Waals surface area contributed by atoms with Gasteiger partial charge in [0.05, 0.1) is 36.9 Å². The Morgan fingerprint density at radius 3 is 2.41 bits per heavy atom. The number of rotatable bonds is 5. The zero-order valence-corrected chi connectivity index (χ0v) is 16.7. The first kappa shape index (κ1) is 20.6. The van der Waals surface area contributed by atoms with Crippen LogP contribution in [0.25, 0.3) is 10.9 Å². The number of hydrogen-bond acceptors (Lipinski definition) is 6. The summed E-state index contributed by atoms with van der Waals surface area (Å²) in [6, 6.07) is 5.40. The Labute approximate surface area is 166 Å². The lowest BCUT2D eigenvalue weighted by Crippen LogP contribution is -2.14. The summed E-state index contributed by atoms with van der Waals surface area (Å²) in [6.45, 7) is 4.99. The molecule has 1 aromatic carbocycles. The number of pyridine rings is 1. The third-order valence-electron chi connectivity index (χ3n) is 4.77. The second kappa shape index (κ2) is 7.73. The first-order chi connectivity index (χ1) is 13.7. The second-order valence-electron chi connectivity index (χ2n) is 6.61. The van der Waals surface area contributed by atoms with Crippen molar-refractivity contribution in [3.63, 3.8) is 0 Å². The number of methoxy groups -OCH3 is 2. The van der Waals surface area contributed by atoms with Gasteiger partial charge in [0.15, 0.2) is 11.6 Å². The first-order valence-electron chi connectivity index (χ1n) is 8.86. The van der Waals surface area contributed by atoms with Crippen LogP contribution >= 0.6 is 0 Å². The molecule has 3 rings (SSSR count). The van der Waals surface area contributed by atoms with E-state index in [9.17, 15) is 13.2 Å². The average molecular weight is 406 g/mol. The fourth-order valence-corrected chi connectivity index (χ4v) is 3.27. The van der Waals surface area contributed by atoms with E-state index in [1.807, 2.05) is 0 Å². The number of aromatic nitrogens is 3. The quantitative estimate of drug-likeness (QED) is 0.653. The van der Waals surface area contributed by atoms with E-state index < -0.39 is 17.8 Å². The maximum Gasteiger partial charge on any atom is 0.416 e. The minimum Gasteiger partial charge on any atom is -0.491 e. The Kier molecular flexibility index (Phi) is 5.50. The fourth-order valence-electron chi connectivity index (χ4n) is 3.27. The van der Waals surface area contributed by atoms with Crippen molar-refractivity contribution in [2.45, 2.75) is 33.0 Å². The number of aryl methyl sites for hydroxylation is 1. The monoisotopic (exact) mass is 406 g/mol. The molecule has 0 aliphatic heterocycles. The summed E-state index contributed by atoms with van der Waals surface area (Å²) in [4.78, 5) is 4.43. The number of anilines is 1. The van der Waals surface area contributed by atoms with Crippen molar-refractivity contribution in [1.82, 2.24) is 15.2 Å². The average Bonchev–Trinajstić information content (AvgIpc) is 2.68. The smallest absolute Gasteiger partial charge is 0.416 e. The van der Waals surface area contributed by atoms with Gasteiger partial charge in [-0.15, -0.1) is 5.10 Å². The van der Waals surface area contributed by atoms with Crippen LogP contribution in [0.15, 0.2) is 24.3 Å². The Morgan fingerprint density at radius 1 is 1.07 bits per heavy atom. The van der Waals surface area contributed by atoms with E-state index in [0.29, 0.717) is 39.6 Å². The van der Waals surface area contributed by atoms with E-state index in [1.165, 1.54) is 27.2 Å². The van der Waals surface area contributed by atoms with Gasteiger partial charge in [-0.05, 0) is 44.0 Å². The van der Waals surface area contributed by atoms with Gasteiger partial charge in [-0.1, -0.05) is 12.1 Å². The van der Waals surface area contributed by atoms with Crippen molar-refractivity contribution in [3.8, 4) is 11.6 Å². The molecular weight excluding hydrogens is 385 g/mol. The SMILES string of the molecule is COc1cc2c(N[C@H](C)c3cccc(C(F)(F)F)c3C)nnc(C)c2nc1OC. The molecule has 0 aliphatic rings. The number of fused-ring (bicyclic) bond motifs is 1. The van der Waals surface area contributed by atoms with E-state index >= 15 is 0 Å². The van der Waals surface area contributed by atoms with Gasteiger partial charge in [0, 0.05) is 0 Å². The lowest BCUT2D eigenvalue weighted by molar-refractivity contribution is -0.138. The van der Waals surface area contributed by atoms with Crippen LogP contribution in [-0.2, 0) is 6.18 Å². The third kappa shape index (κ3) is 3.90. The van der Waals surface area contributed by atoms with Crippen molar-refractivity contribution >= 4 is 16.7 Å². The van der Waals surface area contributed by atoms with Crippen LogP contribution in [0.2, 0.25) is 0 Å². The number of benzene rings is 1. The molecule has 0 radical (unpaired) electrons. The largest absolute Gasteiger partial charge is 0.491 e. The van der Waals surface area contributed by atoms with Crippen LogP contribution in [0.5, 0.6) is 11.6 Å². The normalized spacial score (nSPS) is 12.7. The molecular formula is C20H21F3N4O2. The highest BCUT2D eigenvalue weighted by atomic mass is 19.4. The standard InChI is InChI=1S/C20H21F3N4O2/c1-10-13(7-6-8-15(10)20(21,22)23)11(2)24-18-14-9-16(28-4)19(29-5)25-17(14)12(3)26-27-18/h6-9,11H,1-5H3,(H,24,27)/t11-/m1/s1. The molecule has 0 spiro atoms. The van der Waals surface area contributed by atoms with Gasteiger partial charge in [0.1, 0.15) is 5.52 Å². The van der Waals surface area contributed by atoms with Crippen molar-refractivity contribution in [2.75, 3.05) is 19.5 Å². The first-order valence-corrected chi connectivity index (χ1v) is 8.86. The van der Waals surface area contributed by atoms with Crippen LogP contribution in [0.4, 0.5) is 19.0 Å². The summed E-state index contributed by atoms with van der Waals surface area (Å²) in [5, 5.41) is 12.1. The molecule has 2 heterocycles. The van der Waals surface area contributed by atoms with Crippen LogP contribution in [0.3, 0.4) is 0 Å². The zero-order valence-electron chi connectivity index (χ0n) is 16.7. The minimum atomic E-state index is -4.41. The minimum absolute atomic E-state index is 0.168. The molecule has 0 aliphatic carbocycles. The van der Waals surface area contributed by atoms with Crippen LogP contribution in [0, 0.1) is 13.8 Å². The summed E-state index contributed by atoms with van der Waals surface area (Å²) in [6.07, 6.45) is -4.41. The third-order valence-corrected chi connectivity index (χ3v) is 4.77. The fraction of sp³-hybridized carbons (Fsp3) is 0.350. The van der Waals surface area contributed by atoms with Crippen molar-refractivity contribution < 1.29 is 22.6 Å². The van der Waals surface area contributed by atoms with Gasteiger partial charge in [0.25, 0.3) is 5.88 Å². The topological polar surface area (TPSA) is 69.2 Å². The Bertz CT molecular complexity index is 1050. The molecule has 29 heavy (non-hydrogen) atoms. The van der Waals surface area contributed by atoms with Gasteiger partial charge in [-0.2, -0.15) is 18.3 Å². The second-order valence-corrected chi connectivity index (χ2v) is 6.61. The van der Waals surface area contributed by atoms with Gasteiger partial charge < -0.3 is 14.8 Å². The Hall–Kier alpha value is -3.10. The summed E-state index contributed by atoms with van der Waals surface area (Å²) in [7, 11) is 2.98. The highest BCUT2D eigenvalue weighted by Gasteiger charge is 2.33.